The van der Waals surface area contributed by atoms with Crippen LogP contribution in [-0.4, -0.2) is 11.4 Å². The summed E-state index contributed by atoms with van der Waals surface area (Å²) in [6.07, 6.45) is 1.64. The number of carbonyl (C=O) groups excluding carboxylic acids is 1. The number of benzene rings is 1. The Bertz CT molecular complexity index is 387. The van der Waals surface area contributed by atoms with Gasteiger partial charge in [-0.2, -0.15) is 0 Å². The molecule has 1 aromatic carbocycles. The summed E-state index contributed by atoms with van der Waals surface area (Å²) in [5.74, 6) is 0. The van der Waals surface area contributed by atoms with E-state index in [1.807, 2.05) is 30.3 Å². The fourth-order valence-electron chi connectivity index (χ4n) is 1.36. The van der Waals surface area contributed by atoms with Gasteiger partial charge in [0.15, 0.2) is 0 Å². The third-order valence-corrected chi connectivity index (χ3v) is 1.94. The topological polar surface area (TPSA) is 44.9 Å². The molecule has 65 valence electrons. The molecule has 3 nitrogen and oxygen atoms in total. The molecule has 1 amide bonds. The van der Waals surface area contributed by atoms with Crippen LogP contribution in [0.1, 0.15) is 5.69 Å². The number of nitrogens with one attached hydrogen (secondary N) is 2. The first-order chi connectivity index (χ1) is 6.40. The Morgan fingerprint density at radius 2 is 2.23 bits per heavy atom. The van der Waals surface area contributed by atoms with Gasteiger partial charge >= 0.3 is 6.41 Å². The lowest BCUT2D eigenvalue weighted by atomic mass is 10.2. The highest BCUT2D eigenvalue weighted by Crippen LogP contribution is 2.13. The van der Waals surface area contributed by atoms with Crippen LogP contribution in [0.2, 0.25) is 0 Å². The van der Waals surface area contributed by atoms with Crippen LogP contribution < -0.4 is 5.32 Å². The summed E-state index contributed by atoms with van der Waals surface area (Å²) in [7, 11) is 0. The Kier molecular flexibility index (Phi) is 2.00. The molecule has 0 bridgehead atoms. The zero-order chi connectivity index (χ0) is 9.10. The summed E-state index contributed by atoms with van der Waals surface area (Å²) in [6, 6.07) is 10.0. The van der Waals surface area contributed by atoms with Crippen LogP contribution >= 0.6 is 0 Å². The molecule has 0 saturated carbocycles. The summed E-state index contributed by atoms with van der Waals surface area (Å²) < 4.78 is 0. The molecular weight excluding hydrogens is 164 g/mol. The van der Waals surface area contributed by atoms with Gasteiger partial charge in [-0.1, -0.05) is 18.2 Å². The van der Waals surface area contributed by atoms with E-state index in [1.54, 1.807) is 6.41 Å². The minimum atomic E-state index is 0.498. The Labute approximate surface area is 75.8 Å². The predicted octanol–water partition coefficient (Wildman–Crippen LogP) is 1.32. The summed E-state index contributed by atoms with van der Waals surface area (Å²) in [4.78, 5) is 13.1. The van der Waals surface area contributed by atoms with Crippen molar-refractivity contribution in [1.29, 1.82) is 0 Å². The fraction of sp³-hybridized carbons (Fsp3) is 0.100. The van der Waals surface area contributed by atoms with Gasteiger partial charge in [0.05, 0.1) is 6.54 Å². The Morgan fingerprint density at radius 3 is 3.00 bits per heavy atom. The van der Waals surface area contributed by atoms with Crippen molar-refractivity contribution in [3.8, 4) is 0 Å². The maximum Gasteiger partial charge on any atom is 0.309 e. The number of hydrogen-bond donors (Lipinski definition) is 2. The second-order valence-corrected chi connectivity index (χ2v) is 2.84. The number of aromatic amines is 1. The number of para-hydroxylation sites is 1. The molecule has 13 heavy (non-hydrogen) atoms. The molecule has 0 unspecified atom stereocenters. The maximum atomic E-state index is 9.94. The van der Waals surface area contributed by atoms with Gasteiger partial charge in [0.1, 0.15) is 0 Å². The minimum absolute atomic E-state index is 0.498. The largest absolute Gasteiger partial charge is 0.357 e. The zero-order valence-corrected chi connectivity index (χ0v) is 7.00. The highest BCUT2D eigenvalue weighted by Gasteiger charge is 1.97. The van der Waals surface area contributed by atoms with E-state index in [-0.39, 0.29) is 0 Å². The number of rotatable bonds is 3. The first-order valence-electron chi connectivity index (χ1n) is 4.07. The summed E-state index contributed by atoms with van der Waals surface area (Å²) in [6.45, 7) is 0.498. The van der Waals surface area contributed by atoms with Crippen molar-refractivity contribution in [2.24, 2.45) is 0 Å². The second kappa shape index (κ2) is 3.31. The third-order valence-electron chi connectivity index (χ3n) is 1.94. The predicted molar refractivity (Wildman–Crippen MR) is 50.8 cm³/mol. The van der Waals surface area contributed by atoms with Crippen molar-refractivity contribution in [3.05, 3.63) is 36.0 Å². The quantitative estimate of drug-likeness (QED) is 0.675. The van der Waals surface area contributed by atoms with Crippen molar-refractivity contribution in [3.63, 3.8) is 0 Å². The molecule has 0 spiro atoms. The second-order valence-electron chi connectivity index (χ2n) is 2.84. The van der Waals surface area contributed by atoms with E-state index in [2.05, 4.69) is 10.3 Å². The lowest BCUT2D eigenvalue weighted by molar-refractivity contribution is 0.541. The third kappa shape index (κ3) is 1.54. The summed E-state index contributed by atoms with van der Waals surface area (Å²) in [5, 5.41) is 3.65. The van der Waals surface area contributed by atoms with E-state index in [0.717, 1.165) is 16.6 Å². The van der Waals surface area contributed by atoms with Gasteiger partial charge in [-0.25, -0.2) is 0 Å². The maximum absolute atomic E-state index is 9.94. The number of fused-ring (bicyclic) bond motifs is 1. The minimum Gasteiger partial charge on any atom is -0.357 e. The van der Waals surface area contributed by atoms with E-state index in [1.165, 1.54) is 0 Å². The van der Waals surface area contributed by atoms with E-state index >= 15 is 0 Å². The van der Waals surface area contributed by atoms with Crippen LogP contribution in [0.4, 0.5) is 0 Å². The molecule has 1 heterocycles. The Hall–Kier alpha value is -1.77. The average molecular weight is 173 g/mol. The van der Waals surface area contributed by atoms with E-state index < -0.39 is 0 Å². The fourth-order valence-corrected chi connectivity index (χ4v) is 1.36. The highest BCUT2D eigenvalue weighted by molar-refractivity contribution is 5.80. The van der Waals surface area contributed by atoms with Gasteiger partial charge in [0.25, 0.3) is 0 Å². The first-order valence-corrected chi connectivity index (χ1v) is 4.07. The molecule has 0 aliphatic carbocycles. The lowest BCUT2D eigenvalue weighted by Crippen LogP contribution is -2.09. The SMILES string of the molecule is O=[C]NCc1cc2ccccc2[nH]1. The molecule has 2 aromatic rings. The molecule has 0 aliphatic heterocycles. The normalized spacial score (nSPS) is 10.2. The monoisotopic (exact) mass is 173 g/mol. The molecule has 0 aliphatic rings. The van der Waals surface area contributed by atoms with E-state index in [9.17, 15) is 4.79 Å². The van der Waals surface area contributed by atoms with Gasteiger partial charge in [-0.05, 0) is 17.5 Å². The van der Waals surface area contributed by atoms with Crippen LogP contribution in [-0.2, 0) is 11.3 Å². The van der Waals surface area contributed by atoms with Gasteiger partial charge in [-0.3, -0.25) is 4.79 Å². The van der Waals surface area contributed by atoms with Crippen LogP contribution in [0.5, 0.6) is 0 Å². The number of amides is 1. The van der Waals surface area contributed by atoms with Crippen molar-refractivity contribution in [2.45, 2.75) is 6.54 Å². The number of hydrogen-bond acceptors (Lipinski definition) is 1. The Balaban J connectivity index is 2.32. The van der Waals surface area contributed by atoms with Gasteiger partial charge in [0, 0.05) is 11.2 Å². The van der Waals surface area contributed by atoms with Crippen LogP contribution in [0.3, 0.4) is 0 Å². The van der Waals surface area contributed by atoms with Gasteiger partial charge in [-0.15, -0.1) is 0 Å². The summed E-state index contributed by atoms with van der Waals surface area (Å²) in [5.41, 5.74) is 2.08. The molecule has 2 rings (SSSR count). The number of aromatic nitrogens is 1. The lowest BCUT2D eigenvalue weighted by Gasteiger charge is -1.91. The molecule has 0 saturated heterocycles. The van der Waals surface area contributed by atoms with E-state index in [0.29, 0.717) is 6.54 Å². The summed E-state index contributed by atoms with van der Waals surface area (Å²) >= 11 is 0. The van der Waals surface area contributed by atoms with Crippen molar-refractivity contribution < 1.29 is 4.79 Å². The van der Waals surface area contributed by atoms with Gasteiger partial charge in [0.2, 0.25) is 0 Å². The molecule has 2 N–H and O–H groups in total. The first kappa shape index (κ1) is 7.86. The van der Waals surface area contributed by atoms with Crippen LogP contribution in [0.15, 0.2) is 30.3 Å². The molecule has 0 atom stereocenters. The van der Waals surface area contributed by atoms with Crippen molar-refractivity contribution in [1.82, 2.24) is 10.3 Å². The molecule has 1 aromatic heterocycles. The molecule has 3 heteroatoms. The van der Waals surface area contributed by atoms with Gasteiger partial charge < -0.3 is 10.3 Å². The van der Waals surface area contributed by atoms with Crippen molar-refractivity contribution >= 4 is 17.3 Å². The van der Waals surface area contributed by atoms with Crippen molar-refractivity contribution in [2.75, 3.05) is 0 Å². The molecule has 1 radical (unpaired) electrons. The smallest absolute Gasteiger partial charge is 0.309 e. The highest BCUT2D eigenvalue weighted by atomic mass is 16.1. The Morgan fingerprint density at radius 1 is 1.38 bits per heavy atom. The standard InChI is InChI=1S/C10H9N2O/c13-7-11-6-9-5-8-3-1-2-4-10(8)12-9/h1-5,12H,6H2,(H,11,13). The van der Waals surface area contributed by atoms with Crippen LogP contribution in [0, 0.1) is 0 Å². The average Bonchev–Trinajstić information content (AvgIpc) is 2.57. The number of H-pyrrole nitrogens is 1. The molecular formula is C10H9N2O. The zero-order valence-electron chi connectivity index (χ0n) is 7.00. The van der Waals surface area contributed by atoms with E-state index in [4.69, 9.17) is 0 Å². The van der Waals surface area contributed by atoms with Crippen LogP contribution in [0.25, 0.3) is 10.9 Å². The molecule has 0 fully saturated rings.